The van der Waals surface area contributed by atoms with Crippen LogP contribution >= 0.6 is 12.2 Å². The number of hydrogen-bond acceptors (Lipinski definition) is 2. The van der Waals surface area contributed by atoms with Crippen molar-refractivity contribution in [1.82, 2.24) is 5.32 Å². The van der Waals surface area contributed by atoms with Crippen molar-refractivity contribution in [2.45, 2.75) is 6.42 Å². The number of rotatable bonds is 7. The summed E-state index contributed by atoms with van der Waals surface area (Å²) in [6, 6.07) is 18.1. The summed E-state index contributed by atoms with van der Waals surface area (Å²) in [5, 5.41) is 6.70. The summed E-state index contributed by atoms with van der Waals surface area (Å²) in [5.41, 5.74) is 2.21. The highest BCUT2D eigenvalue weighted by Crippen LogP contribution is 2.16. The van der Waals surface area contributed by atoms with Gasteiger partial charge in [-0.3, -0.25) is 0 Å². The lowest BCUT2D eigenvalue weighted by molar-refractivity contribution is 0.322. The standard InChI is InChI=1S/C18H20N2OS/c1-2-13-19-18(22)20-16-8-10-17(11-9-16)21-14-12-15-6-4-3-5-7-15/h2-11H,1,12-14H2,(H2,19,20,22). The van der Waals surface area contributed by atoms with Crippen LogP contribution in [0.3, 0.4) is 0 Å². The van der Waals surface area contributed by atoms with E-state index in [9.17, 15) is 0 Å². The summed E-state index contributed by atoms with van der Waals surface area (Å²) >= 11 is 5.16. The van der Waals surface area contributed by atoms with Gasteiger partial charge in [0.1, 0.15) is 5.75 Å². The van der Waals surface area contributed by atoms with E-state index < -0.39 is 0 Å². The summed E-state index contributed by atoms with van der Waals surface area (Å²) in [7, 11) is 0. The highest BCUT2D eigenvalue weighted by molar-refractivity contribution is 7.80. The molecule has 2 aromatic rings. The zero-order valence-corrected chi connectivity index (χ0v) is 13.2. The molecule has 0 aromatic heterocycles. The zero-order valence-electron chi connectivity index (χ0n) is 12.4. The average Bonchev–Trinajstić information content (AvgIpc) is 2.55. The van der Waals surface area contributed by atoms with Gasteiger partial charge in [0.15, 0.2) is 5.11 Å². The fraction of sp³-hybridized carbons (Fsp3) is 0.167. The number of hydrogen-bond donors (Lipinski definition) is 2. The molecule has 2 N–H and O–H groups in total. The van der Waals surface area contributed by atoms with E-state index in [-0.39, 0.29) is 0 Å². The largest absolute Gasteiger partial charge is 0.493 e. The van der Waals surface area contributed by atoms with Crippen molar-refractivity contribution in [2.24, 2.45) is 0 Å². The van der Waals surface area contributed by atoms with Gasteiger partial charge in [0.05, 0.1) is 6.61 Å². The zero-order chi connectivity index (χ0) is 15.6. The molecule has 0 unspecified atom stereocenters. The molecule has 0 aliphatic rings. The Balaban J connectivity index is 1.76. The second-order valence-electron chi connectivity index (χ2n) is 4.73. The Bertz CT molecular complexity index is 596. The first-order chi connectivity index (χ1) is 10.8. The molecule has 0 aliphatic heterocycles. The lowest BCUT2D eigenvalue weighted by Crippen LogP contribution is -2.28. The average molecular weight is 312 g/mol. The second-order valence-corrected chi connectivity index (χ2v) is 5.14. The van der Waals surface area contributed by atoms with Crippen LogP contribution in [0.4, 0.5) is 5.69 Å². The van der Waals surface area contributed by atoms with Crippen LogP contribution in [-0.4, -0.2) is 18.3 Å². The third-order valence-corrected chi connectivity index (χ3v) is 3.27. The first-order valence-electron chi connectivity index (χ1n) is 7.20. The van der Waals surface area contributed by atoms with E-state index in [0.717, 1.165) is 17.9 Å². The van der Waals surface area contributed by atoms with E-state index in [2.05, 4.69) is 29.3 Å². The predicted molar refractivity (Wildman–Crippen MR) is 96.5 cm³/mol. The van der Waals surface area contributed by atoms with Gasteiger partial charge >= 0.3 is 0 Å². The van der Waals surface area contributed by atoms with Gasteiger partial charge in [0, 0.05) is 18.7 Å². The third-order valence-electron chi connectivity index (χ3n) is 3.02. The lowest BCUT2D eigenvalue weighted by Gasteiger charge is -2.10. The Kier molecular flexibility index (Phi) is 6.45. The van der Waals surface area contributed by atoms with E-state index in [4.69, 9.17) is 17.0 Å². The minimum absolute atomic E-state index is 0.581. The Morgan fingerprint density at radius 2 is 1.82 bits per heavy atom. The number of nitrogens with one attached hydrogen (secondary N) is 2. The van der Waals surface area contributed by atoms with Crippen molar-refractivity contribution in [3.05, 3.63) is 72.8 Å². The molecule has 2 rings (SSSR count). The van der Waals surface area contributed by atoms with Crippen LogP contribution < -0.4 is 15.4 Å². The molecule has 4 heteroatoms. The Labute approximate surface area is 137 Å². The third kappa shape index (κ3) is 5.58. The van der Waals surface area contributed by atoms with Crippen molar-refractivity contribution >= 4 is 23.0 Å². The molecular formula is C18H20N2OS. The Morgan fingerprint density at radius 1 is 1.09 bits per heavy atom. The van der Waals surface area contributed by atoms with Crippen molar-refractivity contribution in [2.75, 3.05) is 18.5 Å². The van der Waals surface area contributed by atoms with Crippen molar-refractivity contribution in [3.8, 4) is 5.75 Å². The molecule has 0 radical (unpaired) electrons. The van der Waals surface area contributed by atoms with E-state index in [1.807, 2.05) is 42.5 Å². The van der Waals surface area contributed by atoms with Crippen LogP contribution in [0.2, 0.25) is 0 Å². The van der Waals surface area contributed by atoms with Gasteiger partial charge < -0.3 is 15.4 Å². The smallest absolute Gasteiger partial charge is 0.171 e. The second kappa shape index (κ2) is 8.85. The molecule has 0 amide bonds. The van der Waals surface area contributed by atoms with Crippen LogP contribution in [0.5, 0.6) is 5.75 Å². The molecule has 0 spiro atoms. The van der Waals surface area contributed by atoms with E-state index >= 15 is 0 Å². The Hall–Kier alpha value is -2.33. The van der Waals surface area contributed by atoms with Crippen LogP contribution in [0.15, 0.2) is 67.3 Å². The quantitative estimate of drug-likeness (QED) is 0.602. The summed E-state index contributed by atoms with van der Waals surface area (Å²) in [6.07, 6.45) is 2.66. The van der Waals surface area contributed by atoms with Crippen LogP contribution in [0.25, 0.3) is 0 Å². The number of thiocarbonyl (C=S) groups is 1. The fourth-order valence-electron chi connectivity index (χ4n) is 1.91. The van der Waals surface area contributed by atoms with Crippen LogP contribution in [-0.2, 0) is 6.42 Å². The van der Waals surface area contributed by atoms with Gasteiger partial charge in [-0.05, 0) is 42.0 Å². The molecule has 22 heavy (non-hydrogen) atoms. The van der Waals surface area contributed by atoms with Crippen molar-refractivity contribution in [3.63, 3.8) is 0 Å². The lowest BCUT2D eigenvalue weighted by atomic mass is 10.2. The molecule has 0 fully saturated rings. The molecule has 2 aromatic carbocycles. The molecule has 0 heterocycles. The first kappa shape index (κ1) is 16.0. The maximum Gasteiger partial charge on any atom is 0.171 e. The molecule has 0 bridgehead atoms. The molecule has 0 aliphatic carbocycles. The molecule has 0 saturated carbocycles. The van der Waals surface area contributed by atoms with Gasteiger partial charge in [-0.15, -0.1) is 6.58 Å². The number of ether oxygens (including phenoxy) is 1. The highest BCUT2D eigenvalue weighted by Gasteiger charge is 1.98. The Morgan fingerprint density at radius 3 is 2.50 bits per heavy atom. The van der Waals surface area contributed by atoms with E-state index in [0.29, 0.717) is 18.3 Å². The topological polar surface area (TPSA) is 33.3 Å². The minimum Gasteiger partial charge on any atom is -0.493 e. The predicted octanol–water partition coefficient (Wildman–Crippen LogP) is 3.78. The monoisotopic (exact) mass is 312 g/mol. The molecule has 3 nitrogen and oxygen atoms in total. The van der Waals surface area contributed by atoms with Crippen LogP contribution in [0, 0.1) is 0 Å². The summed E-state index contributed by atoms with van der Waals surface area (Å²) < 4.78 is 5.75. The summed E-state index contributed by atoms with van der Waals surface area (Å²) in [5.74, 6) is 0.853. The maximum absolute atomic E-state index is 5.75. The van der Waals surface area contributed by atoms with Crippen LogP contribution in [0.1, 0.15) is 5.56 Å². The van der Waals surface area contributed by atoms with Gasteiger partial charge in [-0.2, -0.15) is 0 Å². The van der Waals surface area contributed by atoms with Crippen molar-refractivity contribution < 1.29 is 4.74 Å². The van der Waals surface area contributed by atoms with Gasteiger partial charge in [-0.1, -0.05) is 36.4 Å². The van der Waals surface area contributed by atoms with Crippen molar-refractivity contribution in [1.29, 1.82) is 0 Å². The molecule has 0 atom stereocenters. The maximum atomic E-state index is 5.75. The van der Waals surface area contributed by atoms with Gasteiger partial charge in [-0.25, -0.2) is 0 Å². The molecule has 0 saturated heterocycles. The first-order valence-corrected chi connectivity index (χ1v) is 7.61. The normalized spacial score (nSPS) is 9.82. The minimum atomic E-state index is 0.581. The summed E-state index contributed by atoms with van der Waals surface area (Å²) in [4.78, 5) is 0. The highest BCUT2D eigenvalue weighted by atomic mass is 32.1. The molecular weight excluding hydrogens is 292 g/mol. The van der Waals surface area contributed by atoms with E-state index in [1.165, 1.54) is 5.56 Å². The van der Waals surface area contributed by atoms with E-state index in [1.54, 1.807) is 6.08 Å². The fourth-order valence-corrected chi connectivity index (χ4v) is 2.11. The SMILES string of the molecule is C=CCNC(=S)Nc1ccc(OCCc2ccccc2)cc1. The van der Waals surface area contributed by atoms with Gasteiger partial charge in [0.25, 0.3) is 0 Å². The summed E-state index contributed by atoms with van der Waals surface area (Å²) in [6.45, 7) is 4.94. The number of benzene rings is 2. The number of anilines is 1. The molecule has 114 valence electrons. The van der Waals surface area contributed by atoms with Gasteiger partial charge in [0.2, 0.25) is 0 Å².